The molecule has 0 spiro atoms. The first-order valence-electron chi connectivity index (χ1n) is 28.6. The average Bonchev–Trinajstić information content (AvgIpc) is 3.32. The fraction of sp³-hybridized carbons (Fsp3) is 0.486. The van der Waals surface area contributed by atoms with Gasteiger partial charge >= 0.3 is 0 Å². The van der Waals surface area contributed by atoms with Crippen molar-refractivity contribution < 1.29 is 10.2 Å². The topological polar surface area (TPSA) is 88.6 Å². The Morgan fingerprint density at radius 2 is 0.803 bits per heavy atom. The molecule has 0 aliphatic rings. The summed E-state index contributed by atoms with van der Waals surface area (Å²) >= 11 is 0. The standard InChI is InChI=1S/2C35H50N2O/c1-24(22-33(2,3)4)19-25-11-13-29(14-12-25)37-30-17-15-28(16-18-30)36-23-26-20-27(34(5,6)7)21-31(32(26)38)35(8,9)10;1-8-9-10-11-12-13-14-26-15-17-29(18-16-26)37-30-21-19-28(20-22-30)36-25-27-23-31(34(2,3)4)33(38)32(24-27)35(5,6)7/h11-18,20-21,24,36-38H,19,22-23H2,1-10H3;15-24,36-38H,8-14,25H2,1-7H3. The molecule has 0 saturated heterocycles. The number of rotatable bonds is 20. The molecular weight excluding hydrogens is 929 g/mol. The number of benzene rings is 6. The van der Waals surface area contributed by atoms with Crippen LogP contribution in [0.3, 0.4) is 0 Å². The minimum atomic E-state index is -0.129. The first-order valence-corrected chi connectivity index (χ1v) is 28.6. The van der Waals surface area contributed by atoms with Crippen molar-refractivity contribution in [1.29, 1.82) is 0 Å². The average molecular weight is 1030 g/mol. The van der Waals surface area contributed by atoms with Gasteiger partial charge < -0.3 is 31.5 Å². The molecular formula is C70H100N4O2. The van der Waals surface area contributed by atoms with Crippen molar-refractivity contribution in [2.24, 2.45) is 11.3 Å². The van der Waals surface area contributed by atoms with E-state index in [0.29, 0.717) is 35.9 Å². The van der Waals surface area contributed by atoms with Crippen molar-refractivity contribution in [3.8, 4) is 11.5 Å². The monoisotopic (exact) mass is 1030 g/mol. The molecule has 0 heterocycles. The predicted octanol–water partition coefficient (Wildman–Crippen LogP) is 20.2. The van der Waals surface area contributed by atoms with Crippen LogP contribution in [-0.4, -0.2) is 10.2 Å². The zero-order chi connectivity index (χ0) is 56.1. The van der Waals surface area contributed by atoms with E-state index in [1.165, 1.54) is 73.6 Å². The van der Waals surface area contributed by atoms with Crippen molar-refractivity contribution in [2.45, 2.75) is 210 Å². The summed E-state index contributed by atoms with van der Waals surface area (Å²) in [7, 11) is 0. The molecule has 412 valence electrons. The summed E-state index contributed by atoms with van der Waals surface area (Å²) in [6.07, 6.45) is 11.5. The van der Waals surface area contributed by atoms with Gasteiger partial charge in [-0.2, -0.15) is 0 Å². The number of unbranched alkanes of at least 4 members (excludes halogenated alkanes) is 5. The van der Waals surface area contributed by atoms with Crippen molar-refractivity contribution in [3.05, 3.63) is 166 Å². The molecule has 1 atom stereocenters. The number of aryl methyl sites for hydroxylation is 1. The van der Waals surface area contributed by atoms with Gasteiger partial charge in [0, 0.05) is 52.8 Å². The van der Waals surface area contributed by atoms with Crippen LogP contribution in [0.4, 0.5) is 34.1 Å². The Morgan fingerprint density at radius 3 is 1.24 bits per heavy atom. The molecule has 76 heavy (non-hydrogen) atoms. The molecule has 0 bridgehead atoms. The van der Waals surface area contributed by atoms with Crippen LogP contribution in [0.1, 0.15) is 207 Å². The van der Waals surface area contributed by atoms with Gasteiger partial charge in [-0.3, -0.25) is 0 Å². The van der Waals surface area contributed by atoms with Crippen LogP contribution in [0.2, 0.25) is 0 Å². The SMILES string of the molecule is CC(Cc1ccc(Nc2ccc(NCc3cc(C(C)(C)C)cc(C(C)(C)C)c3O)cc2)cc1)CC(C)(C)C.CCCCCCCCc1ccc(Nc2ccc(NCc3cc(C(C)(C)C)c(O)c(C(C)(C)C)c3)cc2)cc1. The second kappa shape index (κ2) is 26.4. The van der Waals surface area contributed by atoms with Crippen LogP contribution in [0.25, 0.3) is 0 Å². The second-order valence-electron chi connectivity index (χ2n) is 27.2. The highest BCUT2D eigenvalue weighted by atomic mass is 16.3. The quantitative estimate of drug-likeness (QED) is 0.0427. The van der Waals surface area contributed by atoms with Crippen molar-refractivity contribution >= 4 is 34.1 Å². The highest BCUT2D eigenvalue weighted by molar-refractivity contribution is 5.64. The van der Waals surface area contributed by atoms with Gasteiger partial charge in [0.2, 0.25) is 0 Å². The van der Waals surface area contributed by atoms with E-state index in [4.69, 9.17) is 0 Å². The third-order valence-corrected chi connectivity index (χ3v) is 14.2. The normalized spacial score (nSPS) is 12.6. The summed E-state index contributed by atoms with van der Waals surface area (Å²) in [5.41, 5.74) is 15.6. The van der Waals surface area contributed by atoms with Crippen LogP contribution in [0.5, 0.6) is 11.5 Å². The number of anilines is 6. The fourth-order valence-electron chi connectivity index (χ4n) is 9.96. The molecule has 0 aromatic heterocycles. The summed E-state index contributed by atoms with van der Waals surface area (Å²) in [6, 6.07) is 43.1. The van der Waals surface area contributed by atoms with E-state index in [0.717, 1.165) is 62.8 Å². The molecule has 0 fully saturated rings. The first kappa shape index (κ1) is 61.0. The minimum absolute atomic E-state index is 0.0125. The maximum atomic E-state index is 11.1. The van der Waals surface area contributed by atoms with Gasteiger partial charge in [-0.05, 0) is 189 Å². The first-order chi connectivity index (χ1) is 35.5. The Hall–Kier alpha value is -5.88. The summed E-state index contributed by atoms with van der Waals surface area (Å²) in [5.74, 6) is 1.50. The van der Waals surface area contributed by atoms with Gasteiger partial charge in [0.1, 0.15) is 11.5 Å². The number of hydrogen-bond acceptors (Lipinski definition) is 6. The zero-order valence-electron chi connectivity index (χ0n) is 50.3. The number of hydrogen-bond donors (Lipinski definition) is 6. The van der Waals surface area contributed by atoms with E-state index in [-0.39, 0.29) is 21.7 Å². The van der Waals surface area contributed by atoms with Gasteiger partial charge in [-0.25, -0.2) is 0 Å². The van der Waals surface area contributed by atoms with E-state index in [9.17, 15) is 10.2 Å². The van der Waals surface area contributed by atoms with Gasteiger partial charge in [-0.1, -0.05) is 180 Å². The van der Waals surface area contributed by atoms with Gasteiger partial charge in [0.15, 0.2) is 0 Å². The summed E-state index contributed by atoms with van der Waals surface area (Å²) in [5, 5.41) is 36.2. The highest BCUT2D eigenvalue weighted by Gasteiger charge is 2.27. The van der Waals surface area contributed by atoms with E-state index < -0.39 is 0 Å². The number of phenols is 2. The lowest BCUT2D eigenvalue weighted by Crippen LogP contribution is -2.18. The Morgan fingerprint density at radius 1 is 0.408 bits per heavy atom. The molecule has 6 aromatic rings. The maximum Gasteiger partial charge on any atom is 0.124 e. The van der Waals surface area contributed by atoms with Crippen LogP contribution in [-0.2, 0) is 47.6 Å². The van der Waals surface area contributed by atoms with Crippen molar-refractivity contribution in [1.82, 2.24) is 0 Å². The molecule has 0 aliphatic carbocycles. The number of phenolic OH excluding ortho intramolecular Hbond substituents is 2. The Labute approximate surface area is 462 Å². The van der Waals surface area contributed by atoms with Crippen molar-refractivity contribution in [3.63, 3.8) is 0 Å². The molecule has 6 nitrogen and oxygen atoms in total. The summed E-state index contributed by atoms with van der Waals surface area (Å²) < 4.78 is 0. The molecule has 6 N–H and O–H groups in total. The van der Waals surface area contributed by atoms with Crippen molar-refractivity contribution in [2.75, 3.05) is 21.3 Å². The predicted molar refractivity (Wildman–Crippen MR) is 332 cm³/mol. The molecule has 6 heteroatoms. The van der Waals surface area contributed by atoms with Crippen LogP contribution < -0.4 is 21.3 Å². The molecule has 0 aliphatic heterocycles. The zero-order valence-corrected chi connectivity index (χ0v) is 50.3. The molecule has 0 radical (unpaired) electrons. The van der Waals surface area contributed by atoms with Crippen LogP contribution in [0, 0.1) is 11.3 Å². The highest BCUT2D eigenvalue weighted by Crippen LogP contribution is 2.41. The van der Waals surface area contributed by atoms with E-state index in [1.54, 1.807) is 0 Å². The van der Waals surface area contributed by atoms with E-state index >= 15 is 0 Å². The third kappa shape index (κ3) is 19.6. The largest absolute Gasteiger partial charge is 0.507 e. The van der Waals surface area contributed by atoms with E-state index in [1.807, 2.05) is 0 Å². The van der Waals surface area contributed by atoms with Crippen LogP contribution in [0.15, 0.2) is 121 Å². The Bertz CT molecular complexity index is 2670. The second-order valence-corrected chi connectivity index (χ2v) is 27.2. The molecule has 0 saturated carbocycles. The third-order valence-electron chi connectivity index (χ3n) is 14.2. The molecule has 0 amide bonds. The maximum absolute atomic E-state index is 11.1. The van der Waals surface area contributed by atoms with Crippen LogP contribution >= 0.6 is 0 Å². The summed E-state index contributed by atoms with van der Waals surface area (Å²) in [6.45, 7) is 38.9. The fourth-order valence-corrected chi connectivity index (χ4v) is 9.96. The lowest BCUT2D eigenvalue weighted by molar-refractivity contribution is 0.306. The molecule has 1 unspecified atom stereocenters. The number of aromatic hydroxyl groups is 2. The Kier molecular flexibility index (Phi) is 21.2. The lowest BCUT2D eigenvalue weighted by atomic mass is 9.78. The number of nitrogens with one attached hydrogen (secondary N) is 4. The van der Waals surface area contributed by atoms with Gasteiger partial charge in [-0.15, -0.1) is 0 Å². The van der Waals surface area contributed by atoms with E-state index in [2.05, 4.69) is 260 Å². The molecule has 6 rings (SSSR count). The lowest BCUT2D eigenvalue weighted by Gasteiger charge is -2.28. The Balaban J connectivity index is 0.000000281. The smallest absolute Gasteiger partial charge is 0.124 e. The minimum Gasteiger partial charge on any atom is -0.507 e. The van der Waals surface area contributed by atoms with Gasteiger partial charge in [0.05, 0.1) is 0 Å². The summed E-state index contributed by atoms with van der Waals surface area (Å²) in [4.78, 5) is 0. The molecule has 6 aromatic carbocycles. The van der Waals surface area contributed by atoms with Gasteiger partial charge in [0.25, 0.3) is 0 Å².